The van der Waals surface area contributed by atoms with E-state index in [0.717, 1.165) is 42.5 Å². The lowest BCUT2D eigenvalue weighted by molar-refractivity contribution is -0.0352. The number of nitrogens with zero attached hydrogens (tertiary/aromatic N) is 3. The summed E-state index contributed by atoms with van der Waals surface area (Å²) in [6.45, 7) is 4.71. The maximum absolute atomic E-state index is 10.9. The van der Waals surface area contributed by atoms with Crippen LogP contribution in [0.2, 0.25) is 0 Å². The molecule has 0 aliphatic carbocycles. The van der Waals surface area contributed by atoms with Crippen LogP contribution in [0, 0.1) is 0 Å². The molecule has 1 saturated heterocycles. The Kier molecular flexibility index (Phi) is 3.90. The van der Waals surface area contributed by atoms with Gasteiger partial charge in [-0.2, -0.15) is 5.10 Å². The number of aliphatic hydroxyl groups is 1. The first kappa shape index (κ1) is 13.1. The SMILES string of the molecule is CCCn1ncc(Br)c1C1(O)CCCN(C)C1. The number of hydrogen-bond donors (Lipinski definition) is 1. The van der Waals surface area contributed by atoms with E-state index in [4.69, 9.17) is 0 Å². The molecular weight excluding hydrogens is 282 g/mol. The highest BCUT2D eigenvalue weighted by Gasteiger charge is 2.38. The first-order valence-electron chi connectivity index (χ1n) is 6.19. The smallest absolute Gasteiger partial charge is 0.120 e. The molecule has 4 nitrogen and oxygen atoms in total. The van der Waals surface area contributed by atoms with Gasteiger partial charge in [-0.15, -0.1) is 0 Å². The molecule has 1 N–H and O–H groups in total. The van der Waals surface area contributed by atoms with Gasteiger partial charge in [-0.3, -0.25) is 4.68 Å². The molecule has 0 spiro atoms. The van der Waals surface area contributed by atoms with Crippen LogP contribution in [0.25, 0.3) is 0 Å². The van der Waals surface area contributed by atoms with Gasteiger partial charge < -0.3 is 10.0 Å². The molecule has 0 amide bonds. The normalized spacial score (nSPS) is 26.4. The molecule has 0 bridgehead atoms. The van der Waals surface area contributed by atoms with Gasteiger partial charge in [0.15, 0.2) is 0 Å². The lowest BCUT2D eigenvalue weighted by Crippen LogP contribution is -2.45. The van der Waals surface area contributed by atoms with Crippen molar-refractivity contribution in [2.24, 2.45) is 0 Å². The number of aromatic nitrogens is 2. The lowest BCUT2D eigenvalue weighted by atomic mass is 9.89. The second-order valence-corrected chi connectivity index (χ2v) is 5.79. The van der Waals surface area contributed by atoms with Gasteiger partial charge in [0.2, 0.25) is 0 Å². The first-order chi connectivity index (χ1) is 8.07. The van der Waals surface area contributed by atoms with Crippen molar-refractivity contribution < 1.29 is 5.11 Å². The Morgan fingerprint density at radius 3 is 3.00 bits per heavy atom. The number of rotatable bonds is 3. The van der Waals surface area contributed by atoms with E-state index >= 15 is 0 Å². The second-order valence-electron chi connectivity index (χ2n) is 4.94. The van der Waals surface area contributed by atoms with Crippen molar-refractivity contribution in [1.29, 1.82) is 0 Å². The Morgan fingerprint density at radius 2 is 2.35 bits per heavy atom. The number of aryl methyl sites for hydroxylation is 1. The molecule has 1 aromatic heterocycles. The topological polar surface area (TPSA) is 41.3 Å². The van der Waals surface area contributed by atoms with Crippen molar-refractivity contribution in [3.05, 3.63) is 16.4 Å². The summed E-state index contributed by atoms with van der Waals surface area (Å²) in [5, 5.41) is 15.2. The van der Waals surface area contributed by atoms with E-state index in [1.54, 1.807) is 6.20 Å². The summed E-state index contributed by atoms with van der Waals surface area (Å²) in [5.74, 6) is 0. The monoisotopic (exact) mass is 301 g/mol. The largest absolute Gasteiger partial charge is 0.382 e. The van der Waals surface area contributed by atoms with Crippen molar-refractivity contribution in [2.75, 3.05) is 20.1 Å². The quantitative estimate of drug-likeness (QED) is 0.928. The van der Waals surface area contributed by atoms with E-state index in [1.807, 2.05) is 4.68 Å². The zero-order chi connectivity index (χ0) is 12.5. The molecule has 1 aliphatic rings. The van der Waals surface area contributed by atoms with Crippen molar-refractivity contribution in [3.8, 4) is 0 Å². The Bertz CT molecular complexity index is 393. The summed E-state index contributed by atoms with van der Waals surface area (Å²) in [6, 6.07) is 0. The molecule has 0 saturated carbocycles. The highest BCUT2D eigenvalue weighted by Crippen LogP contribution is 2.35. The molecule has 0 radical (unpaired) electrons. The minimum absolute atomic E-state index is 0.682. The summed E-state index contributed by atoms with van der Waals surface area (Å²) in [6.07, 6.45) is 4.65. The van der Waals surface area contributed by atoms with E-state index in [9.17, 15) is 5.11 Å². The Labute approximate surface area is 111 Å². The highest BCUT2D eigenvalue weighted by molar-refractivity contribution is 9.10. The van der Waals surface area contributed by atoms with Gasteiger partial charge >= 0.3 is 0 Å². The molecule has 1 atom stereocenters. The van der Waals surface area contributed by atoms with E-state index in [2.05, 4.69) is 39.9 Å². The van der Waals surface area contributed by atoms with Crippen molar-refractivity contribution in [3.63, 3.8) is 0 Å². The van der Waals surface area contributed by atoms with Gasteiger partial charge in [0, 0.05) is 13.1 Å². The maximum atomic E-state index is 10.9. The molecule has 5 heteroatoms. The fourth-order valence-corrected chi connectivity index (χ4v) is 3.31. The summed E-state index contributed by atoms with van der Waals surface area (Å²) in [4.78, 5) is 2.18. The number of β-amino-alcohol motifs (C(OH)–C–C–N with tert-alkyl or cyclic N) is 1. The number of hydrogen-bond acceptors (Lipinski definition) is 3. The third-order valence-electron chi connectivity index (χ3n) is 3.33. The molecule has 1 unspecified atom stereocenters. The van der Waals surface area contributed by atoms with Gasteiger partial charge in [0.25, 0.3) is 0 Å². The number of halogens is 1. The van der Waals surface area contributed by atoms with Crippen molar-refractivity contribution >= 4 is 15.9 Å². The van der Waals surface area contributed by atoms with E-state index < -0.39 is 5.60 Å². The second kappa shape index (κ2) is 5.08. The molecule has 2 heterocycles. The fourth-order valence-electron chi connectivity index (χ4n) is 2.65. The van der Waals surface area contributed by atoms with Crippen LogP contribution in [0.15, 0.2) is 10.7 Å². The third-order valence-corrected chi connectivity index (χ3v) is 3.91. The summed E-state index contributed by atoms with van der Waals surface area (Å²) >= 11 is 3.52. The number of likely N-dealkylation sites (N-methyl/N-ethyl adjacent to an activating group) is 1. The van der Waals surface area contributed by atoms with Crippen LogP contribution in [0.1, 0.15) is 31.9 Å². The van der Waals surface area contributed by atoms with Crippen LogP contribution in [0.3, 0.4) is 0 Å². The molecule has 1 aliphatic heterocycles. The summed E-state index contributed by atoms with van der Waals surface area (Å²) < 4.78 is 2.85. The van der Waals surface area contributed by atoms with Crippen LogP contribution in [-0.2, 0) is 12.1 Å². The molecular formula is C12H20BrN3O. The predicted molar refractivity (Wildman–Crippen MR) is 70.8 cm³/mol. The first-order valence-corrected chi connectivity index (χ1v) is 6.99. The average molecular weight is 302 g/mol. The molecule has 17 heavy (non-hydrogen) atoms. The Hall–Kier alpha value is -0.390. The maximum Gasteiger partial charge on any atom is 0.120 e. The van der Waals surface area contributed by atoms with Crippen molar-refractivity contribution in [2.45, 2.75) is 38.3 Å². The Balaban J connectivity index is 2.33. The van der Waals surface area contributed by atoms with Crippen LogP contribution in [0.5, 0.6) is 0 Å². The van der Waals surface area contributed by atoms with Crippen molar-refractivity contribution in [1.82, 2.24) is 14.7 Å². The number of likely N-dealkylation sites (tertiary alicyclic amines) is 1. The zero-order valence-electron chi connectivity index (χ0n) is 10.5. The predicted octanol–water partition coefficient (Wildman–Crippen LogP) is 1.97. The molecule has 96 valence electrons. The van der Waals surface area contributed by atoms with Gasteiger partial charge in [0.05, 0.1) is 16.4 Å². The Morgan fingerprint density at radius 1 is 1.59 bits per heavy atom. The molecule has 0 aromatic carbocycles. The van der Waals surface area contributed by atoms with E-state index in [-0.39, 0.29) is 0 Å². The fraction of sp³-hybridized carbons (Fsp3) is 0.750. The standard InChI is InChI=1S/C12H20BrN3O/c1-3-6-16-11(10(13)8-14-16)12(17)5-4-7-15(2)9-12/h8,17H,3-7,9H2,1-2H3. The zero-order valence-corrected chi connectivity index (χ0v) is 12.1. The minimum Gasteiger partial charge on any atom is -0.382 e. The third kappa shape index (κ3) is 2.56. The van der Waals surface area contributed by atoms with Gasteiger partial charge in [-0.1, -0.05) is 6.92 Å². The summed E-state index contributed by atoms with van der Waals surface area (Å²) in [5.41, 5.74) is 0.170. The minimum atomic E-state index is -0.766. The molecule has 2 rings (SSSR count). The van der Waals surface area contributed by atoms with Crippen LogP contribution < -0.4 is 0 Å². The van der Waals surface area contributed by atoms with E-state index in [0.29, 0.717) is 6.54 Å². The molecule has 1 aromatic rings. The van der Waals surface area contributed by atoms with Crippen LogP contribution in [-0.4, -0.2) is 39.9 Å². The van der Waals surface area contributed by atoms with Crippen LogP contribution >= 0.6 is 15.9 Å². The van der Waals surface area contributed by atoms with Gasteiger partial charge in [0.1, 0.15) is 5.60 Å². The van der Waals surface area contributed by atoms with Crippen LogP contribution in [0.4, 0.5) is 0 Å². The average Bonchev–Trinajstić information content (AvgIpc) is 2.60. The highest BCUT2D eigenvalue weighted by atomic mass is 79.9. The summed E-state index contributed by atoms with van der Waals surface area (Å²) in [7, 11) is 2.05. The molecule has 1 fully saturated rings. The number of piperidine rings is 1. The van der Waals surface area contributed by atoms with Gasteiger partial charge in [-0.25, -0.2) is 0 Å². The lowest BCUT2D eigenvalue weighted by Gasteiger charge is -2.38. The van der Waals surface area contributed by atoms with Gasteiger partial charge in [-0.05, 0) is 48.8 Å². The van der Waals surface area contributed by atoms with E-state index in [1.165, 1.54) is 0 Å².